The Balaban J connectivity index is 1.59. The predicted octanol–water partition coefficient (Wildman–Crippen LogP) is 6.27. The van der Waals surface area contributed by atoms with Crippen LogP contribution in [0.5, 0.6) is 0 Å². The Labute approximate surface area is 241 Å². The maximum Gasteiger partial charge on any atom is 0.416 e. The van der Waals surface area contributed by atoms with E-state index in [-0.39, 0.29) is 24.6 Å². The molecule has 3 heterocycles. The quantitative estimate of drug-likeness (QED) is 0.252. The van der Waals surface area contributed by atoms with Crippen molar-refractivity contribution in [2.45, 2.75) is 32.1 Å². The number of hydrogen-bond donors (Lipinski definition) is 2. The largest absolute Gasteiger partial charge is 0.416 e. The van der Waals surface area contributed by atoms with Crippen molar-refractivity contribution in [3.8, 4) is 5.69 Å². The number of methoxy groups -OCH3 is 1. The molecule has 2 aromatic carbocycles. The van der Waals surface area contributed by atoms with Gasteiger partial charge in [0.25, 0.3) is 0 Å². The number of carbonyl (C=O) groups is 1. The van der Waals surface area contributed by atoms with Gasteiger partial charge in [0.1, 0.15) is 6.61 Å². The number of amides is 1. The first-order chi connectivity index (χ1) is 19.6. The predicted molar refractivity (Wildman–Crippen MR) is 155 cm³/mol. The average molecular weight is 580 g/mol. The molecule has 11 heteroatoms. The van der Waals surface area contributed by atoms with Crippen molar-refractivity contribution in [2.75, 3.05) is 23.9 Å². The molecule has 0 bridgehead atoms. The van der Waals surface area contributed by atoms with Crippen LogP contribution in [0, 0.1) is 13.8 Å². The van der Waals surface area contributed by atoms with E-state index >= 15 is 0 Å². The molecule has 1 amide bonds. The third kappa shape index (κ3) is 5.68. The van der Waals surface area contributed by atoms with Crippen molar-refractivity contribution >= 4 is 34.6 Å². The molecule has 0 aliphatic carbocycles. The third-order valence-electron chi connectivity index (χ3n) is 7.02. The highest BCUT2D eigenvalue weighted by atomic mass is 32.1. The van der Waals surface area contributed by atoms with E-state index in [2.05, 4.69) is 15.6 Å². The van der Waals surface area contributed by atoms with Gasteiger partial charge in [-0.1, -0.05) is 12.1 Å². The zero-order valence-electron chi connectivity index (χ0n) is 22.6. The first-order valence-corrected chi connectivity index (χ1v) is 13.3. The minimum Gasteiger partial charge on any atom is -0.375 e. The summed E-state index contributed by atoms with van der Waals surface area (Å²) in [6, 6.07) is 19.5. The molecule has 5 rings (SSSR count). The first kappa shape index (κ1) is 28.3. The van der Waals surface area contributed by atoms with E-state index in [1.54, 1.807) is 24.4 Å². The standard InChI is InChI=1S/C30H28F3N5O2S/c1-18-15-24(19(2)37(18)23-8-6-7-20(16-23)30(31,32)33)28-27(25-9-4-5-14-34-25)36-29(41)38(28)22-12-10-21(11-13-22)35-26(39)17-40-3/h4-16,27-28H,17H2,1-3H3,(H,35,39)(H,36,41)/t27-,28-/m0/s1. The van der Waals surface area contributed by atoms with Crippen molar-refractivity contribution in [3.63, 3.8) is 0 Å². The van der Waals surface area contributed by atoms with Crippen LogP contribution in [0.1, 0.15) is 40.3 Å². The summed E-state index contributed by atoms with van der Waals surface area (Å²) < 4.78 is 47.3. The average Bonchev–Trinajstić information content (AvgIpc) is 3.44. The molecular weight excluding hydrogens is 551 g/mol. The van der Waals surface area contributed by atoms with Gasteiger partial charge in [-0.3, -0.25) is 9.78 Å². The zero-order chi connectivity index (χ0) is 29.3. The van der Waals surface area contributed by atoms with Crippen molar-refractivity contribution in [2.24, 2.45) is 0 Å². The molecular formula is C30H28F3N5O2S. The van der Waals surface area contributed by atoms with Crippen molar-refractivity contribution in [3.05, 3.63) is 107 Å². The molecule has 0 radical (unpaired) electrons. The first-order valence-electron chi connectivity index (χ1n) is 12.8. The summed E-state index contributed by atoms with van der Waals surface area (Å²) in [4.78, 5) is 18.5. The molecule has 0 unspecified atom stereocenters. The number of nitrogens with zero attached hydrogens (tertiary/aromatic N) is 3. The number of aromatic nitrogens is 2. The van der Waals surface area contributed by atoms with Crippen LogP contribution in [0.4, 0.5) is 24.5 Å². The Bertz CT molecular complexity index is 1570. The summed E-state index contributed by atoms with van der Waals surface area (Å²) in [6.07, 6.45) is -2.74. The Hall–Kier alpha value is -4.22. The summed E-state index contributed by atoms with van der Waals surface area (Å²) >= 11 is 5.82. The number of benzene rings is 2. The topological polar surface area (TPSA) is 71.4 Å². The summed E-state index contributed by atoms with van der Waals surface area (Å²) in [5, 5.41) is 6.66. The number of carbonyl (C=O) groups excluding carboxylic acids is 1. The smallest absolute Gasteiger partial charge is 0.375 e. The zero-order valence-corrected chi connectivity index (χ0v) is 23.4. The molecule has 0 spiro atoms. The Morgan fingerprint density at radius 2 is 1.80 bits per heavy atom. The maximum atomic E-state index is 13.5. The van der Waals surface area contributed by atoms with Crippen LogP contribution in [0.2, 0.25) is 0 Å². The van der Waals surface area contributed by atoms with Gasteiger partial charge < -0.3 is 24.8 Å². The summed E-state index contributed by atoms with van der Waals surface area (Å²) in [5.41, 5.74) is 4.33. The number of thiocarbonyl (C=S) groups is 1. The second-order valence-corrected chi connectivity index (χ2v) is 10.1. The van der Waals surface area contributed by atoms with E-state index in [0.29, 0.717) is 16.5 Å². The molecule has 7 nitrogen and oxygen atoms in total. The normalized spacial score (nSPS) is 17.0. The van der Waals surface area contributed by atoms with Gasteiger partial charge in [-0.15, -0.1) is 0 Å². The molecule has 2 atom stereocenters. The number of alkyl halides is 3. The highest BCUT2D eigenvalue weighted by Crippen LogP contribution is 2.44. The lowest BCUT2D eigenvalue weighted by Crippen LogP contribution is -2.29. The van der Waals surface area contributed by atoms with Crippen LogP contribution in [0.3, 0.4) is 0 Å². The number of nitrogens with one attached hydrogen (secondary N) is 2. The lowest BCUT2D eigenvalue weighted by atomic mass is 9.96. The number of ether oxygens (including phenoxy) is 1. The van der Waals surface area contributed by atoms with Crippen LogP contribution in [0.25, 0.3) is 5.69 Å². The van der Waals surface area contributed by atoms with Crippen molar-refractivity contribution < 1.29 is 22.7 Å². The van der Waals surface area contributed by atoms with Crippen LogP contribution >= 0.6 is 12.2 Å². The summed E-state index contributed by atoms with van der Waals surface area (Å²) in [7, 11) is 1.45. The van der Waals surface area contributed by atoms with Gasteiger partial charge in [0.2, 0.25) is 5.91 Å². The van der Waals surface area contributed by atoms with Gasteiger partial charge in [-0.2, -0.15) is 13.2 Å². The van der Waals surface area contributed by atoms with E-state index in [4.69, 9.17) is 17.0 Å². The third-order valence-corrected chi connectivity index (χ3v) is 7.34. The van der Waals surface area contributed by atoms with E-state index in [0.717, 1.165) is 40.5 Å². The lowest BCUT2D eigenvalue weighted by Gasteiger charge is -2.28. The van der Waals surface area contributed by atoms with E-state index in [1.807, 2.05) is 59.7 Å². The second-order valence-electron chi connectivity index (χ2n) is 9.73. The van der Waals surface area contributed by atoms with E-state index in [9.17, 15) is 18.0 Å². The lowest BCUT2D eigenvalue weighted by molar-refractivity contribution is -0.137. The van der Waals surface area contributed by atoms with Crippen molar-refractivity contribution in [1.29, 1.82) is 0 Å². The van der Waals surface area contributed by atoms with E-state index in [1.165, 1.54) is 13.2 Å². The van der Waals surface area contributed by atoms with Gasteiger partial charge in [-0.25, -0.2) is 0 Å². The molecule has 2 N–H and O–H groups in total. The number of rotatable bonds is 7. The summed E-state index contributed by atoms with van der Waals surface area (Å²) in [6.45, 7) is 3.71. The molecule has 1 saturated heterocycles. The molecule has 1 aliphatic heterocycles. The molecule has 0 saturated carbocycles. The fourth-order valence-electron chi connectivity index (χ4n) is 5.29. The Morgan fingerprint density at radius 3 is 2.46 bits per heavy atom. The molecule has 4 aromatic rings. The van der Waals surface area contributed by atoms with Crippen LogP contribution in [-0.2, 0) is 15.7 Å². The van der Waals surface area contributed by atoms with Gasteiger partial charge in [0, 0.05) is 41.8 Å². The fourth-order valence-corrected chi connectivity index (χ4v) is 5.63. The Kier molecular flexibility index (Phi) is 7.83. The molecule has 212 valence electrons. The van der Waals surface area contributed by atoms with Gasteiger partial charge >= 0.3 is 6.18 Å². The fraction of sp³-hybridized carbons (Fsp3) is 0.233. The minimum atomic E-state index is -4.45. The van der Waals surface area contributed by atoms with Gasteiger partial charge in [-0.05, 0) is 92.3 Å². The molecule has 1 aliphatic rings. The molecule has 41 heavy (non-hydrogen) atoms. The monoisotopic (exact) mass is 579 g/mol. The van der Waals surface area contributed by atoms with Crippen LogP contribution in [0.15, 0.2) is 79.0 Å². The number of anilines is 2. The molecule has 2 aromatic heterocycles. The highest BCUT2D eigenvalue weighted by Gasteiger charge is 2.42. The van der Waals surface area contributed by atoms with Crippen molar-refractivity contribution in [1.82, 2.24) is 14.9 Å². The van der Waals surface area contributed by atoms with Crippen LogP contribution in [-0.4, -0.2) is 34.3 Å². The summed E-state index contributed by atoms with van der Waals surface area (Å²) in [5.74, 6) is -0.270. The number of halogens is 3. The Morgan fingerprint density at radius 1 is 1.05 bits per heavy atom. The highest BCUT2D eigenvalue weighted by molar-refractivity contribution is 7.80. The molecule has 1 fully saturated rings. The number of aryl methyl sites for hydroxylation is 1. The van der Waals surface area contributed by atoms with Crippen LogP contribution < -0.4 is 15.5 Å². The number of hydrogen-bond acceptors (Lipinski definition) is 4. The number of pyridine rings is 1. The second kappa shape index (κ2) is 11.3. The van der Waals surface area contributed by atoms with Gasteiger partial charge in [0.15, 0.2) is 5.11 Å². The maximum absolute atomic E-state index is 13.5. The van der Waals surface area contributed by atoms with E-state index < -0.39 is 11.7 Å². The minimum absolute atomic E-state index is 0.0583. The SMILES string of the molecule is COCC(=O)Nc1ccc(N2C(=S)N[C@@H](c3ccccn3)[C@@H]2c2cc(C)n(-c3cccc(C(F)(F)F)c3)c2C)cc1. The van der Waals surface area contributed by atoms with Gasteiger partial charge in [0.05, 0.1) is 23.3 Å².